The quantitative estimate of drug-likeness (QED) is 0.287. The zero-order chi connectivity index (χ0) is 21.4. The summed E-state index contributed by atoms with van der Waals surface area (Å²) in [5.41, 5.74) is 0.364. The van der Waals surface area contributed by atoms with Crippen LogP contribution in [0, 0.1) is 5.82 Å². The van der Waals surface area contributed by atoms with Gasteiger partial charge in [-0.25, -0.2) is 18.5 Å². The van der Waals surface area contributed by atoms with Crippen LogP contribution in [0.1, 0.15) is 0 Å². The summed E-state index contributed by atoms with van der Waals surface area (Å²) in [6.07, 6.45) is 0. The van der Waals surface area contributed by atoms with Gasteiger partial charge in [0.1, 0.15) is 11.6 Å². The van der Waals surface area contributed by atoms with Gasteiger partial charge < -0.3 is 13.8 Å². The molecule has 0 bridgehead atoms. The van der Waals surface area contributed by atoms with Crippen LogP contribution in [0.4, 0.5) is 4.39 Å². The number of phosphoric acid groups is 2. The Kier molecular flexibility index (Phi) is 7.68. The smallest absolute Gasteiger partial charge is 0.493 e. The Morgan fingerprint density at radius 3 is 2.17 bits per heavy atom. The van der Waals surface area contributed by atoms with Crippen molar-refractivity contribution < 1.29 is 76.4 Å². The third-order valence-electron chi connectivity index (χ3n) is 3.62. The fourth-order valence-corrected chi connectivity index (χ4v) is 3.43. The van der Waals surface area contributed by atoms with Crippen molar-refractivity contribution in [3.05, 3.63) is 48.3 Å². The zero-order valence-corrected chi connectivity index (χ0v) is 19.4. The van der Waals surface area contributed by atoms with Crippen LogP contribution >= 0.6 is 15.6 Å². The number of nitrogens with zero attached hydrogens (tertiary/aromatic N) is 1. The van der Waals surface area contributed by atoms with Gasteiger partial charge >= 0.3 is 45.2 Å². The van der Waals surface area contributed by atoms with Crippen molar-refractivity contribution in [3.8, 4) is 28.5 Å². The summed E-state index contributed by atoms with van der Waals surface area (Å²) in [5.74, 6) is -1.73. The normalized spacial score (nSPS) is 11.7. The Labute approximate surface area is 191 Å². The SMILES string of the molecule is COc1ccc2nc(-c3cccc(F)c3)cc(OP(=O)(O)O)c2c1OP(=O)(O)O.[Na+]. The minimum absolute atomic E-state index is 0. The molecule has 2 aromatic carbocycles. The molecule has 30 heavy (non-hydrogen) atoms. The Morgan fingerprint density at radius 2 is 1.60 bits per heavy atom. The minimum atomic E-state index is -5.10. The number of halogens is 1. The van der Waals surface area contributed by atoms with Crippen LogP contribution in [0.25, 0.3) is 22.2 Å². The van der Waals surface area contributed by atoms with Crippen molar-refractivity contribution in [2.45, 2.75) is 0 Å². The molecule has 10 nitrogen and oxygen atoms in total. The Balaban J connectivity index is 0.00000320. The minimum Gasteiger partial charge on any atom is -0.493 e. The molecular weight excluding hydrogens is 454 g/mol. The molecular formula is C16H14FNNaO9P2+. The third kappa shape index (κ3) is 6.01. The largest absolute Gasteiger partial charge is 1.00 e. The number of aromatic nitrogens is 1. The maximum absolute atomic E-state index is 13.6. The molecule has 3 aromatic rings. The van der Waals surface area contributed by atoms with E-state index in [0.717, 1.165) is 12.1 Å². The predicted molar refractivity (Wildman–Crippen MR) is 99.0 cm³/mol. The van der Waals surface area contributed by atoms with E-state index in [1.54, 1.807) is 0 Å². The van der Waals surface area contributed by atoms with Crippen LogP contribution in [0.2, 0.25) is 0 Å². The number of phosphoric ester groups is 2. The van der Waals surface area contributed by atoms with Gasteiger partial charge in [0.05, 0.1) is 23.7 Å². The maximum atomic E-state index is 13.6. The number of methoxy groups -OCH3 is 1. The van der Waals surface area contributed by atoms with Gasteiger partial charge in [0, 0.05) is 11.6 Å². The van der Waals surface area contributed by atoms with E-state index in [0.29, 0.717) is 0 Å². The Hall–Kier alpha value is -1.52. The van der Waals surface area contributed by atoms with E-state index in [1.807, 2.05) is 0 Å². The van der Waals surface area contributed by atoms with Crippen LogP contribution in [-0.4, -0.2) is 31.7 Å². The molecule has 0 spiro atoms. The summed E-state index contributed by atoms with van der Waals surface area (Å²) < 4.78 is 50.8. The number of hydrogen-bond acceptors (Lipinski definition) is 6. The van der Waals surface area contributed by atoms with E-state index in [4.69, 9.17) is 9.26 Å². The van der Waals surface area contributed by atoms with Crippen LogP contribution < -0.4 is 43.3 Å². The first-order valence-electron chi connectivity index (χ1n) is 7.75. The van der Waals surface area contributed by atoms with Crippen molar-refractivity contribution >= 4 is 26.5 Å². The molecule has 0 atom stereocenters. The molecule has 0 radical (unpaired) electrons. The van der Waals surface area contributed by atoms with Crippen molar-refractivity contribution in [3.63, 3.8) is 0 Å². The van der Waals surface area contributed by atoms with E-state index in [1.165, 1.54) is 37.4 Å². The first-order valence-corrected chi connectivity index (χ1v) is 10.8. The summed E-state index contributed by atoms with van der Waals surface area (Å²) in [6, 6.07) is 9.00. The molecule has 0 fully saturated rings. The second kappa shape index (κ2) is 9.32. The molecule has 1 heterocycles. The summed E-state index contributed by atoms with van der Waals surface area (Å²) in [5, 5.41) is -0.254. The molecule has 3 rings (SSSR count). The van der Waals surface area contributed by atoms with Crippen molar-refractivity contribution in [1.29, 1.82) is 0 Å². The first-order chi connectivity index (χ1) is 13.5. The molecule has 14 heteroatoms. The topological polar surface area (TPSA) is 156 Å². The first kappa shape index (κ1) is 24.7. The molecule has 0 saturated heterocycles. The molecule has 0 aliphatic rings. The number of fused-ring (bicyclic) bond motifs is 1. The van der Waals surface area contributed by atoms with Gasteiger partial charge in [0.2, 0.25) is 0 Å². The molecule has 0 saturated carbocycles. The number of rotatable bonds is 6. The number of pyridine rings is 1. The number of hydrogen-bond donors (Lipinski definition) is 4. The van der Waals surface area contributed by atoms with Gasteiger partial charge in [-0.3, -0.25) is 19.6 Å². The van der Waals surface area contributed by atoms with E-state index in [9.17, 15) is 33.1 Å². The molecule has 0 aliphatic heterocycles. The van der Waals surface area contributed by atoms with Gasteiger partial charge in [0.15, 0.2) is 11.5 Å². The van der Waals surface area contributed by atoms with Crippen molar-refractivity contribution in [1.82, 2.24) is 4.98 Å². The van der Waals surface area contributed by atoms with E-state index in [2.05, 4.69) is 9.51 Å². The summed E-state index contributed by atoms with van der Waals surface area (Å²) >= 11 is 0. The van der Waals surface area contributed by atoms with Crippen LogP contribution in [0.5, 0.6) is 17.2 Å². The zero-order valence-electron chi connectivity index (χ0n) is 15.6. The molecule has 0 aliphatic carbocycles. The average Bonchev–Trinajstić information content (AvgIpc) is 2.59. The van der Waals surface area contributed by atoms with E-state index in [-0.39, 0.29) is 57.5 Å². The molecule has 0 amide bonds. The van der Waals surface area contributed by atoms with Crippen molar-refractivity contribution in [2.75, 3.05) is 7.11 Å². The average molecular weight is 468 g/mol. The molecule has 154 valence electrons. The van der Waals surface area contributed by atoms with Crippen LogP contribution in [-0.2, 0) is 9.13 Å². The molecule has 4 N–H and O–H groups in total. The van der Waals surface area contributed by atoms with Gasteiger partial charge in [-0.15, -0.1) is 0 Å². The Bertz CT molecular complexity index is 1180. The molecule has 0 unspecified atom stereocenters. The van der Waals surface area contributed by atoms with Crippen molar-refractivity contribution in [2.24, 2.45) is 0 Å². The molecule has 1 aromatic heterocycles. The number of benzene rings is 2. The summed E-state index contributed by atoms with van der Waals surface area (Å²) in [7, 11) is -8.99. The summed E-state index contributed by atoms with van der Waals surface area (Å²) in [4.78, 5) is 41.2. The third-order valence-corrected chi connectivity index (χ3v) is 4.48. The maximum Gasteiger partial charge on any atom is 1.00 e. The van der Waals surface area contributed by atoms with E-state index >= 15 is 0 Å². The van der Waals surface area contributed by atoms with E-state index < -0.39 is 33.0 Å². The fourth-order valence-electron chi connectivity index (χ4n) is 2.61. The fraction of sp³-hybridized carbons (Fsp3) is 0.0625. The monoisotopic (exact) mass is 468 g/mol. The van der Waals surface area contributed by atoms with Crippen LogP contribution in [0.3, 0.4) is 0 Å². The predicted octanol–water partition coefficient (Wildman–Crippen LogP) is -0.00350. The van der Waals surface area contributed by atoms with Gasteiger partial charge in [-0.1, -0.05) is 12.1 Å². The Morgan fingerprint density at radius 1 is 0.933 bits per heavy atom. The number of ether oxygens (including phenoxy) is 1. The summed E-state index contributed by atoms with van der Waals surface area (Å²) in [6.45, 7) is 0. The second-order valence-corrected chi connectivity index (χ2v) is 8.00. The van der Waals surface area contributed by atoms with Gasteiger partial charge in [0.25, 0.3) is 0 Å². The second-order valence-electron chi connectivity index (χ2n) is 5.67. The van der Waals surface area contributed by atoms with Gasteiger partial charge in [-0.05, 0) is 24.3 Å². The van der Waals surface area contributed by atoms with Crippen LogP contribution in [0.15, 0.2) is 42.5 Å². The standard InChI is InChI=1S/C16H14FNO9P2.Na/c1-25-13-6-5-11-15(16(13)27-29(22,23)24)14(26-28(19,20)21)8-12(18-11)9-3-2-4-10(17)7-9;/h2-8H,1H3,(H2,19,20,21)(H2,22,23,24);/q;+1. The van der Waals surface area contributed by atoms with Gasteiger partial charge in [-0.2, -0.15) is 0 Å².